The average molecular weight is 257 g/mol. The third-order valence-electron chi connectivity index (χ3n) is 4.84. The van der Waals surface area contributed by atoms with Crippen LogP contribution in [0.3, 0.4) is 0 Å². The fourth-order valence-corrected chi connectivity index (χ4v) is 3.68. The van der Waals surface area contributed by atoms with Gasteiger partial charge in [-0.2, -0.15) is 0 Å². The fraction of sp³-hybridized carbons (Fsp3) is 0.571. The Morgan fingerprint density at radius 2 is 2.37 bits per heavy atom. The van der Waals surface area contributed by atoms with Crippen LogP contribution in [0.15, 0.2) is 18.6 Å². The molecule has 4 heterocycles. The highest BCUT2D eigenvalue weighted by Crippen LogP contribution is 2.40. The minimum absolute atomic E-state index is 0.381. The summed E-state index contributed by atoms with van der Waals surface area (Å²) in [5.74, 6) is 1.89. The number of piperidine rings is 1. The lowest BCUT2D eigenvalue weighted by molar-refractivity contribution is 0.215. The predicted octanol–water partition coefficient (Wildman–Crippen LogP) is 1.39. The van der Waals surface area contributed by atoms with Gasteiger partial charge < -0.3 is 15.2 Å². The van der Waals surface area contributed by atoms with Gasteiger partial charge in [0.1, 0.15) is 17.8 Å². The van der Waals surface area contributed by atoms with Crippen molar-refractivity contribution < 1.29 is 0 Å². The fourth-order valence-electron chi connectivity index (χ4n) is 3.68. The van der Waals surface area contributed by atoms with E-state index in [0.717, 1.165) is 42.4 Å². The van der Waals surface area contributed by atoms with E-state index in [4.69, 9.17) is 0 Å². The van der Waals surface area contributed by atoms with E-state index in [2.05, 4.69) is 38.2 Å². The Hall–Kier alpha value is -1.62. The van der Waals surface area contributed by atoms with Crippen molar-refractivity contribution in [1.29, 1.82) is 0 Å². The van der Waals surface area contributed by atoms with Gasteiger partial charge in [0.25, 0.3) is 0 Å². The van der Waals surface area contributed by atoms with Crippen LogP contribution in [0.5, 0.6) is 0 Å². The van der Waals surface area contributed by atoms with E-state index in [-0.39, 0.29) is 0 Å². The molecule has 19 heavy (non-hydrogen) atoms. The molecule has 1 unspecified atom stereocenters. The Labute approximate surface area is 112 Å². The second-order valence-corrected chi connectivity index (χ2v) is 6.13. The first-order chi connectivity index (χ1) is 9.26. The molecule has 0 bridgehead atoms. The Bertz CT molecular complexity index is 607. The van der Waals surface area contributed by atoms with Gasteiger partial charge in [-0.1, -0.05) is 6.92 Å². The van der Waals surface area contributed by atoms with Crippen LogP contribution >= 0.6 is 0 Å². The Morgan fingerprint density at radius 1 is 1.42 bits per heavy atom. The number of aromatic nitrogens is 3. The van der Waals surface area contributed by atoms with E-state index in [1.54, 1.807) is 6.33 Å². The van der Waals surface area contributed by atoms with E-state index < -0.39 is 0 Å². The number of nitrogens with one attached hydrogen (secondary N) is 2. The molecule has 5 nitrogen and oxygen atoms in total. The van der Waals surface area contributed by atoms with Crippen LogP contribution in [0.4, 0.5) is 5.82 Å². The van der Waals surface area contributed by atoms with Gasteiger partial charge >= 0.3 is 0 Å². The lowest BCUT2D eigenvalue weighted by Crippen LogP contribution is -2.47. The number of hydrogen-bond donors (Lipinski definition) is 2. The third kappa shape index (κ3) is 1.64. The topological polar surface area (TPSA) is 56.8 Å². The van der Waals surface area contributed by atoms with Crippen molar-refractivity contribution in [3.05, 3.63) is 18.6 Å². The highest BCUT2D eigenvalue weighted by Gasteiger charge is 2.43. The highest BCUT2D eigenvalue weighted by molar-refractivity contribution is 5.87. The second kappa shape index (κ2) is 3.93. The molecule has 100 valence electrons. The summed E-state index contributed by atoms with van der Waals surface area (Å²) in [5.41, 5.74) is 1.31. The van der Waals surface area contributed by atoms with E-state index in [1.165, 1.54) is 13.0 Å². The van der Waals surface area contributed by atoms with Crippen LogP contribution in [-0.2, 0) is 0 Å². The second-order valence-electron chi connectivity index (χ2n) is 6.13. The van der Waals surface area contributed by atoms with E-state index in [1.807, 2.05) is 6.20 Å². The van der Waals surface area contributed by atoms with E-state index >= 15 is 0 Å². The van der Waals surface area contributed by atoms with Gasteiger partial charge in [0.15, 0.2) is 0 Å². The molecule has 2 fully saturated rings. The highest BCUT2D eigenvalue weighted by atomic mass is 15.2. The van der Waals surface area contributed by atoms with Crippen LogP contribution in [0, 0.1) is 11.3 Å². The van der Waals surface area contributed by atoms with Gasteiger partial charge in [0.2, 0.25) is 0 Å². The van der Waals surface area contributed by atoms with Crippen LogP contribution < -0.4 is 10.2 Å². The Kier molecular flexibility index (Phi) is 2.33. The summed E-state index contributed by atoms with van der Waals surface area (Å²) in [5, 5.41) is 4.68. The molecule has 2 N–H and O–H groups in total. The van der Waals surface area contributed by atoms with Crippen molar-refractivity contribution >= 4 is 16.9 Å². The van der Waals surface area contributed by atoms with Crippen LogP contribution in [0.1, 0.15) is 13.3 Å². The zero-order valence-electron chi connectivity index (χ0n) is 11.2. The molecular weight excluding hydrogens is 238 g/mol. The zero-order chi connectivity index (χ0) is 12.9. The number of H-pyrrole nitrogens is 1. The molecule has 2 saturated heterocycles. The minimum atomic E-state index is 0.381. The van der Waals surface area contributed by atoms with Crippen molar-refractivity contribution in [2.75, 3.05) is 31.1 Å². The number of hydrogen-bond acceptors (Lipinski definition) is 4. The molecule has 2 aliphatic rings. The summed E-state index contributed by atoms with van der Waals surface area (Å²) in [6.07, 6.45) is 4.85. The van der Waals surface area contributed by atoms with Crippen LogP contribution in [-0.4, -0.2) is 41.1 Å². The first-order valence-corrected chi connectivity index (χ1v) is 7.00. The maximum Gasteiger partial charge on any atom is 0.142 e. The molecule has 2 atom stereocenters. The van der Waals surface area contributed by atoms with E-state index in [9.17, 15) is 0 Å². The molecule has 4 rings (SSSR count). The molecular formula is C14H19N5. The van der Waals surface area contributed by atoms with Gasteiger partial charge in [0, 0.05) is 31.2 Å². The maximum atomic E-state index is 4.52. The minimum Gasteiger partial charge on any atom is -0.355 e. The van der Waals surface area contributed by atoms with Gasteiger partial charge in [-0.3, -0.25) is 0 Å². The zero-order valence-corrected chi connectivity index (χ0v) is 11.2. The molecule has 0 aromatic carbocycles. The van der Waals surface area contributed by atoms with Gasteiger partial charge in [-0.05, 0) is 24.9 Å². The molecule has 2 aliphatic heterocycles. The van der Waals surface area contributed by atoms with Crippen molar-refractivity contribution in [2.45, 2.75) is 13.3 Å². The molecule has 0 aliphatic carbocycles. The molecule has 2 aromatic rings. The maximum absolute atomic E-state index is 4.52. The standard InChI is InChI=1S/C14H19N5/c1-14-7-15-6-10(14)3-5-19(8-14)13-11-2-4-16-12(11)17-9-18-13/h2,4,9-10,15H,3,5-8H2,1H3,(H,16,17,18)/t10?,14-/m1/s1. The molecule has 0 saturated carbocycles. The summed E-state index contributed by atoms with van der Waals surface area (Å²) in [4.78, 5) is 14.4. The van der Waals surface area contributed by atoms with Gasteiger partial charge in [0.05, 0.1) is 5.39 Å². The van der Waals surface area contributed by atoms with Gasteiger partial charge in [-0.15, -0.1) is 0 Å². The van der Waals surface area contributed by atoms with Crippen molar-refractivity contribution in [3.8, 4) is 0 Å². The number of aromatic amines is 1. The summed E-state index contributed by atoms with van der Waals surface area (Å²) < 4.78 is 0. The smallest absolute Gasteiger partial charge is 0.142 e. The normalized spacial score (nSPS) is 30.8. The molecule has 0 amide bonds. The number of rotatable bonds is 1. The third-order valence-corrected chi connectivity index (χ3v) is 4.84. The predicted molar refractivity (Wildman–Crippen MR) is 75.2 cm³/mol. The van der Waals surface area contributed by atoms with Crippen molar-refractivity contribution in [3.63, 3.8) is 0 Å². The average Bonchev–Trinajstić information content (AvgIpc) is 3.02. The Morgan fingerprint density at radius 3 is 3.32 bits per heavy atom. The van der Waals surface area contributed by atoms with Crippen molar-refractivity contribution in [2.24, 2.45) is 11.3 Å². The summed E-state index contributed by atoms with van der Waals surface area (Å²) in [6, 6.07) is 2.08. The number of fused-ring (bicyclic) bond motifs is 2. The first kappa shape index (κ1) is 11.2. The van der Waals surface area contributed by atoms with Crippen LogP contribution in [0.25, 0.3) is 11.0 Å². The first-order valence-electron chi connectivity index (χ1n) is 7.00. The van der Waals surface area contributed by atoms with Crippen LogP contribution in [0.2, 0.25) is 0 Å². The molecule has 0 spiro atoms. The monoisotopic (exact) mass is 257 g/mol. The molecule has 5 heteroatoms. The lowest BCUT2D eigenvalue weighted by atomic mass is 9.75. The summed E-state index contributed by atoms with van der Waals surface area (Å²) in [7, 11) is 0. The number of nitrogens with zero attached hydrogens (tertiary/aromatic N) is 3. The SMILES string of the molecule is C[C@]12CNCC1CCN(c1ncnc3[nH]ccc13)C2. The lowest BCUT2D eigenvalue weighted by Gasteiger charge is -2.42. The number of anilines is 1. The Balaban J connectivity index is 1.71. The largest absolute Gasteiger partial charge is 0.355 e. The van der Waals surface area contributed by atoms with Crippen molar-refractivity contribution in [1.82, 2.24) is 20.3 Å². The van der Waals surface area contributed by atoms with Gasteiger partial charge in [-0.25, -0.2) is 9.97 Å². The summed E-state index contributed by atoms with van der Waals surface area (Å²) in [6.45, 7) is 6.88. The molecule has 0 radical (unpaired) electrons. The molecule has 2 aromatic heterocycles. The quantitative estimate of drug-likeness (QED) is 0.810. The summed E-state index contributed by atoms with van der Waals surface area (Å²) >= 11 is 0. The van der Waals surface area contributed by atoms with E-state index in [0.29, 0.717) is 5.41 Å².